The summed E-state index contributed by atoms with van der Waals surface area (Å²) in [5.74, 6) is -3.74. The van der Waals surface area contributed by atoms with Crippen molar-refractivity contribution < 1.29 is 47.3 Å². The van der Waals surface area contributed by atoms with Gasteiger partial charge in [0.05, 0.1) is 0 Å². The molecule has 0 aliphatic carbocycles. The monoisotopic (exact) mass is 400 g/mol. The Kier molecular flexibility index (Phi) is 12.0. The van der Waals surface area contributed by atoms with Crippen LogP contribution in [0, 0.1) is 0 Å². The van der Waals surface area contributed by atoms with Crippen molar-refractivity contribution in [3.8, 4) is 0 Å². The first kappa shape index (κ1) is 18.9. The standard InChI is InChI=1S/C4H6O5S.Au.Ca/c5-2(6)1-4(9,10)3(7)8;;/h9-10H,1H2,(H,5,6)(H,7,8);;/q;+1;+2/p-3. The zero-order valence-corrected chi connectivity index (χ0v) is 10.9. The molecule has 5 nitrogen and oxygen atoms in total. The van der Waals surface area contributed by atoms with Crippen molar-refractivity contribution in [1.82, 2.24) is 0 Å². The van der Waals surface area contributed by atoms with E-state index in [1.165, 1.54) is 0 Å². The van der Waals surface area contributed by atoms with E-state index in [9.17, 15) is 19.8 Å². The molecule has 0 spiro atoms. The quantitative estimate of drug-likeness (QED) is 0.381. The summed E-state index contributed by atoms with van der Waals surface area (Å²) >= 11 is 3.92. The summed E-state index contributed by atoms with van der Waals surface area (Å²) < 4.78 is 0. The first-order valence-electron chi connectivity index (χ1n) is 2.20. The first-order valence-corrected chi connectivity index (χ1v) is 2.61. The van der Waals surface area contributed by atoms with Gasteiger partial charge in [-0.15, -0.1) is 0 Å². The minimum atomic E-state index is -2.75. The van der Waals surface area contributed by atoms with Gasteiger partial charge >= 0.3 is 60.1 Å². The van der Waals surface area contributed by atoms with E-state index in [0.717, 1.165) is 0 Å². The van der Waals surface area contributed by atoms with Crippen LogP contribution in [0.1, 0.15) is 6.42 Å². The molecule has 8 heteroatoms. The van der Waals surface area contributed by atoms with Crippen molar-refractivity contribution in [2.45, 2.75) is 11.4 Å². The minimum Gasteiger partial charge on any atom is -0.752 e. The van der Waals surface area contributed by atoms with Crippen LogP contribution < -0.4 is 10.2 Å². The summed E-state index contributed by atoms with van der Waals surface area (Å²) in [5, 5.41) is 28.0. The third-order valence-electron chi connectivity index (χ3n) is 0.703. The van der Waals surface area contributed by atoms with Gasteiger partial charge in [0.1, 0.15) is 0 Å². The van der Waals surface area contributed by atoms with Gasteiger partial charge < -0.3 is 37.5 Å². The average Bonchev–Trinajstić information content (AvgIpc) is 1.60. The molecule has 68 valence electrons. The molecular weight excluding hydrogens is 397 g/mol. The summed E-state index contributed by atoms with van der Waals surface area (Å²) in [4.78, 5) is 16.7. The third kappa shape index (κ3) is 7.88. The molecule has 1 atom stereocenters. The van der Waals surface area contributed by atoms with E-state index in [-0.39, 0.29) is 60.1 Å². The van der Waals surface area contributed by atoms with Crippen LogP contribution in [0.5, 0.6) is 0 Å². The Bertz CT molecular complexity index is 173. The molecule has 0 aromatic carbocycles. The topological polar surface area (TPSA) is 100 Å². The molecule has 0 amide bonds. The normalized spacial score (nSPS) is 13.2. The van der Waals surface area contributed by atoms with Gasteiger partial charge in [-0.2, -0.15) is 0 Å². The fourth-order valence-corrected chi connectivity index (χ4v) is 0.386. The number of carbonyl (C=O) groups excluding carboxylic acids is 2. The second-order valence-electron chi connectivity index (χ2n) is 1.62. The van der Waals surface area contributed by atoms with Crippen molar-refractivity contribution in [1.29, 1.82) is 0 Å². The second kappa shape index (κ2) is 7.64. The van der Waals surface area contributed by atoms with Crippen molar-refractivity contribution in [3.63, 3.8) is 0 Å². The number of hydrogen-bond acceptors (Lipinski definition) is 6. The van der Waals surface area contributed by atoms with Crippen LogP contribution in [0.3, 0.4) is 0 Å². The number of hydrogen-bond donors (Lipinski definition) is 1. The molecule has 0 fully saturated rings. The van der Waals surface area contributed by atoms with Crippen LogP contribution in [0.25, 0.3) is 0 Å². The van der Waals surface area contributed by atoms with Crippen LogP contribution in [-0.4, -0.2) is 59.7 Å². The molecule has 0 rings (SSSR count). The van der Waals surface area contributed by atoms with E-state index >= 15 is 0 Å². The zero-order chi connectivity index (χ0) is 8.36. The van der Waals surface area contributed by atoms with E-state index in [0.29, 0.717) is 0 Å². The maximum absolute atomic E-state index is 9.80. The molecule has 0 aliphatic rings. The van der Waals surface area contributed by atoms with E-state index < -0.39 is 23.3 Å². The molecule has 1 unspecified atom stereocenters. The van der Waals surface area contributed by atoms with E-state index in [2.05, 4.69) is 12.6 Å². The Morgan fingerprint density at radius 2 is 1.75 bits per heavy atom. The van der Waals surface area contributed by atoms with Gasteiger partial charge in [-0.25, -0.2) is 0 Å². The molecular formula is C4H3AuCaO5S. The van der Waals surface area contributed by atoms with Crippen molar-refractivity contribution in [2.75, 3.05) is 0 Å². The van der Waals surface area contributed by atoms with Crippen LogP contribution in [0.4, 0.5) is 0 Å². The van der Waals surface area contributed by atoms with Gasteiger partial charge in [0, 0.05) is 11.9 Å². The number of rotatable bonds is 3. The minimum absolute atomic E-state index is 0. The van der Waals surface area contributed by atoms with Gasteiger partial charge in [-0.05, 0) is 11.4 Å². The van der Waals surface area contributed by atoms with Gasteiger partial charge in [-0.3, -0.25) is 0 Å². The molecule has 0 bridgehead atoms. The van der Waals surface area contributed by atoms with Crippen LogP contribution in [0.15, 0.2) is 0 Å². The van der Waals surface area contributed by atoms with E-state index in [1.807, 2.05) is 0 Å². The summed E-state index contributed by atoms with van der Waals surface area (Å²) in [5.41, 5.74) is 0. The fraction of sp³-hybridized carbons (Fsp3) is 0.500. The summed E-state index contributed by atoms with van der Waals surface area (Å²) in [7, 11) is 0. The molecule has 0 aromatic heterocycles. The molecule has 1 N–H and O–H groups in total. The molecule has 0 heterocycles. The molecule has 0 aromatic rings. The Morgan fingerprint density at radius 1 is 1.42 bits per heavy atom. The van der Waals surface area contributed by atoms with Crippen LogP contribution in [0.2, 0.25) is 0 Å². The SMILES string of the molecule is O=C([O-])CC(O)([S-])C(=O)[O-].[Au+].[Ca+2]. The Morgan fingerprint density at radius 3 is 1.83 bits per heavy atom. The predicted molar refractivity (Wildman–Crippen MR) is 32.7 cm³/mol. The number of aliphatic hydroxyl groups is 1. The second-order valence-corrected chi connectivity index (χ2v) is 2.30. The fourth-order valence-electron chi connectivity index (χ4n) is 0.268. The maximum atomic E-state index is 9.80. The van der Waals surface area contributed by atoms with E-state index in [1.54, 1.807) is 0 Å². The van der Waals surface area contributed by atoms with Crippen LogP contribution in [-0.2, 0) is 44.6 Å². The van der Waals surface area contributed by atoms with E-state index in [4.69, 9.17) is 5.11 Å². The molecule has 12 heavy (non-hydrogen) atoms. The third-order valence-corrected chi connectivity index (χ3v) is 1.01. The van der Waals surface area contributed by atoms with Gasteiger partial charge in [-0.1, -0.05) is 0 Å². The van der Waals surface area contributed by atoms with Crippen molar-refractivity contribution >= 4 is 62.3 Å². The summed E-state index contributed by atoms with van der Waals surface area (Å²) in [6.07, 6.45) is -1.15. The van der Waals surface area contributed by atoms with Gasteiger partial charge in [0.25, 0.3) is 0 Å². The number of aliphatic carboxylic acids is 2. The number of carboxylic acids is 2. The predicted octanol–water partition coefficient (Wildman–Crippen LogP) is -4.27. The average molecular weight is 400 g/mol. The van der Waals surface area contributed by atoms with Gasteiger partial charge in [0.15, 0.2) is 0 Å². The smallest absolute Gasteiger partial charge is 0.752 e. The molecule has 0 radical (unpaired) electrons. The molecule has 0 saturated carbocycles. The summed E-state index contributed by atoms with van der Waals surface area (Å²) in [6.45, 7) is 0. The largest absolute Gasteiger partial charge is 2.00 e. The Hall–Kier alpha value is 1.25. The number of carbonyl (C=O) groups is 2. The first-order chi connectivity index (χ1) is 4.36. The number of carboxylic acid groups (broad SMARTS) is 2. The van der Waals surface area contributed by atoms with Crippen molar-refractivity contribution in [3.05, 3.63) is 0 Å². The Balaban J connectivity index is -0.000000405. The van der Waals surface area contributed by atoms with Crippen molar-refractivity contribution in [2.24, 2.45) is 0 Å². The zero-order valence-electron chi connectivity index (χ0n) is 5.70. The summed E-state index contributed by atoms with van der Waals surface area (Å²) in [6, 6.07) is 0. The molecule has 0 aliphatic heterocycles. The maximum Gasteiger partial charge on any atom is 2.00 e. The van der Waals surface area contributed by atoms with Gasteiger partial charge in [0.2, 0.25) is 0 Å². The van der Waals surface area contributed by atoms with Crippen LogP contribution >= 0.6 is 0 Å². The Labute approximate surface area is 119 Å². The molecule has 0 saturated heterocycles.